The van der Waals surface area contributed by atoms with Crippen molar-refractivity contribution < 1.29 is 4.74 Å². The van der Waals surface area contributed by atoms with E-state index in [9.17, 15) is 0 Å². The van der Waals surface area contributed by atoms with Crippen molar-refractivity contribution in [3.05, 3.63) is 34.9 Å². The molecule has 4 heteroatoms. The Kier molecular flexibility index (Phi) is 4.61. The second kappa shape index (κ2) is 6.21. The number of ether oxygens (including phenoxy) is 1. The van der Waals surface area contributed by atoms with E-state index in [1.165, 1.54) is 0 Å². The molecule has 0 aromatic heterocycles. The van der Waals surface area contributed by atoms with Crippen LogP contribution in [0.4, 0.5) is 0 Å². The van der Waals surface area contributed by atoms with Crippen molar-refractivity contribution in [2.45, 2.75) is 20.0 Å². The standard InChI is InChI=1S/C14H19ClN2O/c1-3-18-13(11-5-4-6-12(15)7-11)14-16-8-10(2)9-17-14/h4-7,10,13H,3,8-9H2,1-2H3,(H,16,17). The Bertz CT molecular complexity index is 434. The van der Waals surface area contributed by atoms with Gasteiger partial charge in [-0.15, -0.1) is 0 Å². The van der Waals surface area contributed by atoms with Gasteiger partial charge in [0.15, 0.2) is 0 Å². The maximum absolute atomic E-state index is 6.04. The molecule has 18 heavy (non-hydrogen) atoms. The highest BCUT2D eigenvalue weighted by atomic mass is 35.5. The summed E-state index contributed by atoms with van der Waals surface area (Å²) in [5, 5.41) is 4.08. The van der Waals surface area contributed by atoms with Crippen LogP contribution in [0.5, 0.6) is 0 Å². The monoisotopic (exact) mass is 266 g/mol. The first kappa shape index (κ1) is 13.4. The third-order valence-corrected chi connectivity index (χ3v) is 3.17. The van der Waals surface area contributed by atoms with Crippen LogP contribution in [0.25, 0.3) is 0 Å². The molecule has 0 spiro atoms. The smallest absolute Gasteiger partial charge is 0.139 e. The van der Waals surface area contributed by atoms with E-state index in [4.69, 9.17) is 16.3 Å². The first-order valence-corrected chi connectivity index (χ1v) is 6.73. The van der Waals surface area contributed by atoms with Crippen molar-refractivity contribution in [1.82, 2.24) is 5.32 Å². The fourth-order valence-corrected chi connectivity index (χ4v) is 2.20. The van der Waals surface area contributed by atoms with E-state index >= 15 is 0 Å². The van der Waals surface area contributed by atoms with Crippen LogP contribution in [-0.2, 0) is 4.74 Å². The molecule has 98 valence electrons. The molecular formula is C14H19ClN2O. The molecule has 0 radical (unpaired) electrons. The first-order valence-electron chi connectivity index (χ1n) is 6.36. The third-order valence-electron chi connectivity index (χ3n) is 2.94. The fourth-order valence-electron chi connectivity index (χ4n) is 2.00. The van der Waals surface area contributed by atoms with Gasteiger partial charge in [-0.2, -0.15) is 0 Å². The van der Waals surface area contributed by atoms with E-state index in [1.807, 2.05) is 31.2 Å². The molecule has 0 saturated carbocycles. The summed E-state index contributed by atoms with van der Waals surface area (Å²) in [5.41, 5.74) is 1.05. The maximum Gasteiger partial charge on any atom is 0.139 e. The lowest BCUT2D eigenvalue weighted by atomic mass is 10.1. The van der Waals surface area contributed by atoms with E-state index in [2.05, 4.69) is 17.2 Å². The number of rotatable bonds is 4. The molecule has 1 heterocycles. The lowest BCUT2D eigenvalue weighted by molar-refractivity contribution is 0.106. The molecule has 0 amide bonds. The summed E-state index contributed by atoms with van der Waals surface area (Å²) in [7, 11) is 0. The largest absolute Gasteiger partial charge is 0.371 e. The van der Waals surface area contributed by atoms with Gasteiger partial charge in [0.1, 0.15) is 11.9 Å². The average Bonchev–Trinajstić information content (AvgIpc) is 2.37. The minimum absolute atomic E-state index is 0.138. The summed E-state index contributed by atoms with van der Waals surface area (Å²) in [4.78, 5) is 4.57. The Morgan fingerprint density at radius 1 is 1.56 bits per heavy atom. The Hall–Kier alpha value is -1.06. The van der Waals surface area contributed by atoms with Crippen molar-refractivity contribution in [1.29, 1.82) is 0 Å². The molecule has 1 aromatic carbocycles. The normalized spacial score (nSPS) is 21.1. The Morgan fingerprint density at radius 3 is 3.00 bits per heavy atom. The minimum Gasteiger partial charge on any atom is -0.371 e. The molecule has 1 aliphatic rings. The first-order chi connectivity index (χ1) is 8.70. The molecule has 2 unspecified atom stereocenters. The van der Waals surface area contributed by atoms with Crippen LogP contribution in [0.2, 0.25) is 5.02 Å². The molecule has 0 fully saturated rings. The molecule has 0 aliphatic carbocycles. The number of nitrogens with zero attached hydrogens (tertiary/aromatic N) is 1. The Labute approximate surface area is 113 Å². The maximum atomic E-state index is 6.04. The van der Waals surface area contributed by atoms with Gasteiger partial charge < -0.3 is 10.1 Å². The molecule has 2 rings (SSSR count). The summed E-state index contributed by atoms with van der Waals surface area (Å²) in [6.07, 6.45) is -0.138. The predicted molar refractivity (Wildman–Crippen MR) is 75.3 cm³/mol. The number of hydrogen-bond donors (Lipinski definition) is 1. The molecule has 0 saturated heterocycles. The van der Waals surface area contributed by atoms with Crippen molar-refractivity contribution >= 4 is 17.4 Å². The zero-order chi connectivity index (χ0) is 13.0. The van der Waals surface area contributed by atoms with E-state index in [0.717, 1.165) is 29.5 Å². The van der Waals surface area contributed by atoms with Gasteiger partial charge in [-0.25, -0.2) is 0 Å². The van der Waals surface area contributed by atoms with Gasteiger partial charge in [-0.05, 0) is 30.5 Å². The fraction of sp³-hybridized carbons (Fsp3) is 0.500. The molecule has 1 N–H and O–H groups in total. The average molecular weight is 267 g/mol. The van der Waals surface area contributed by atoms with Gasteiger partial charge in [0.05, 0.1) is 0 Å². The van der Waals surface area contributed by atoms with Gasteiger partial charge in [0.2, 0.25) is 0 Å². The number of aliphatic imine (C=N–C) groups is 1. The van der Waals surface area contributed by atoms with E-state index in [1.54, 1.807) is 0 Å². The molecule has 0 bridgehead atoms. The van der Waals surface area contributed by atoms with E-state index in [0.29, 0.717) is 12.5 Å². The topological polar surface area (TPSA) is 33.6 Å². The number of benzene rings is 1. The summed E-state index contributed by atoms with van der Waals surface area (Å²) >= 11 is 6.04. The number of amidine groups is 1. The third kappa shape index (κ3) is 3.24. The Morgan fingerprint density at radius 2 is 2.39 bits per heavy atom. The van der Waals surface area contributed by atoms with Crippen molar-refractivity contribution in [2.24, 2.45) is 10.9 Å². The van der Waals surface area contributed by atoms with Crippen LogP contribution in [-0.4, -0.2) is 25.5 Å². The van der Waals surface area contributed by atoms with Crippen molar-refractivity contribution in [3.8, 4) is 0 Å². The highest BCUT2D eigenvalue weighted by molar-refractivity contribution is 6.30. The van der Waals surface area contributed by atoms with Crippen molar-refractivity contribution in [2.75, 3.05) is 19.7 Å². The van der Waals surface area contributed by atoms with Crippen LogP contribution in [0.3, 0.4) is 0 Å². The van der Waals surface area contributed by atoms with Crippen LogP contribution >= 0.6 is 11.6 Å². The van der Waals surface area contributed by atoms with Crippen molar-refractivity contribution in [3.63, 3.8) is 0 Å². The van der Waals surface area contributed by atoms with Crippen LogP contribution in [0, 0.1) is 5.92 Å². The van der Waals surface area contributed by atoms with Gasteiger partial charge in [-0.1, -0.05) is 30.7 Å². The molecule has 1 aliphatic heterocycles. The van der Waals surface area contributed by atoms with Gasteiger partial charge >= 0.3 is 0 Å². The molecular weight excluding hydrogens is 248 g/mol. The summed E-state index contributed by atoms with van der Waals surface area (Å²) in [6.45, 7) is 6.62. The summed E-state index contributed by atoms with van der Waals surface area (Å²) < 4.78 is 5.81. The second-order valence-corrected chi connectivity index (χ2v) is 5.04. The number of halogens is 1. The Balaban J connectivity index is 2.23. The SMILES string of the molecule is CCOC(C1=NCC(C)CN1)c1cccc(Cl)c1. The van der Waals surface area contributed by atoms with Gasteiger partial charge in [-0.3, -0.25) is 4.99 Å². The summed E-state index contributed by atoms with van der Waals surface area (Å²) in [5.74, 6) is 1.49. The zero-order valence-corrected chi connectivity index (χ0v) is 11.6. The van der Waals surface area contributed by atoms with Crippen LogP contribution in [0.1, 0.15) is 25.5 Å². The van der Waals surface area contributed by atoms with Crippen LogP contribution in [0.15, 0.2) is 29.3 Å². The zero-order valence-electron chi connectivity index (χ0n) is 10.8. The lowest BCUT2D eigenvalue weighted by Crippen LogP contribution is -2.39. The minimum atomic E-state index is -0.138. The quantitative estimate of drug-likeness (QED) is 0.909. The van der Waals surface area contributed by atoms with E-state index < -0.39 is 0 Å². The highest BCUT2D eigenvalue weighted by Gasteiger charge is 2.22. The number of nitrogens with one attached hydrogen (secondary N) is 1. The second-order valence-electron chi connectivity index (χ2n) is 4.60. The predicted octanol–water partition coefficient (Wildman–Crippen LogP) is 3.06. The molecule has 2 atom stereocenters. The van der Waals surface area contributed by atoms with Crippen LogP contribution < -0.4 is 5.32 Å². The molecule has 1 aromatic rings. The highest BCUT2D eigenvalue weighted by Crippen LogP contribution is 2.23. The molecule has 3 nitrogen and oxygen atoms in total. The van der Waals surface area contributed by atoms with Gasteiger partial charge in [0.25, 0.3) is 0 Å². The number of hydrogen-bond acceptors (Lipinski definition) is 3. The van der Waals surface area contributed by atoms with E-state index in [-0.39, 0.29) is 6.10 Å². The lowest BCUT2D eigenvalue weighted by Gasteiger charge is -2.26. The summed E-state index contributed by atoms with van der Waals surface area (Å²) in [6, 6.07) is 7.76. The van der Waals surface area contributed by atoms with Gasteiger partial charge in [0, 0.05) is 24.7 Å².